The molecule has 5 nitrogen and oxygen atoms in total. The van der Waals surface area contributed by atoms with E-state index in [4.69, 9.17) is 11.6 Å². The van der Waals surface area contributed by atoms with Crippen LogP contribution in [0, 0.1) is 0 Å². The number of nitrogens with zero attached hydrogens (tertiary/aromatic N) is 1. The van der Waals surface area contributed by atoms with Crippen molar-refractivity contribution < 1.29 is 13.2 Å². The van der Waals surface area contributed by atoms with E-state index < -0.39 is 10.0 Å². The monoisotopic (exact) mass is 316 g/mol. The number of hydrogen-bond acceptors (Lipinski definition) is 3. The number of benzene rings is 1. The van der Waals surface area contributed by atoms with Crippen LogP contribution >= 0.6 is 11.6 Å². The Kier molecular flexibility index (Phi) is 4.67. The van der Waals surface area contributed by atoms with Crippen molar-refractivity contribution >= 4 is 27.5 Å². The van der Waals surface area contributed by atoms with E-state index in [0.717, 1.165) is 0 Å². The molecule has 7 heteroatoms. The first-order chi connectivity index (χ1) is 9.36. The molecule has 0 aliphatic carbocycles. The molecule has 1 saturated heterocycles. The quantitative estimate of drug-likeness (QED) is 0.919. The van der Waals surface area contributed by atoms with Gasteiger partial charge in [0.1, 0.15) is 0 Å². The number of carbonyl (C=O) groups is 1. The Morgan fingerprint density at radius 3 is 2.30 bits per heavy atom. The minimum absolute atomic E-state index is 0.0104. The summed E-state index contributed by atoms with van der Waals surface area (Å²) in [7, 11) is -3.13. The van der Waals surface area contributed by atoms with Crippen molar-refractivity contribution in [1.82, 2.24) is 9.62 Å². The van der Waals surface area contributed by atoms with E-state index in [2.05, 4.69) is 5.32 Å². The van der Waals surface area contributed by atoms with Gasteiger partial charge in [0.2, 0.25) is 10.0 Å². The molecular weight excluding hydrogens is 300 g/mol. The molecule has 1 aliphatic rings. The number of rotatable bonds is 3. The van der Waals surface area contributed by atoms with E-state index in [1.54, 1.807) is 24.3 Å². The Morgan fingerprint density at radius 2 is 1.80 bits per heavy atom. The first-order valence-electron chi connectivity index (χ1n) is 6.38. The van der Waals surface area contributed by atoms with Gasteiger partial charge in [0.25, 0.3) is 5.91 Å². The third-order valence-electron chi connectivity index (χ3n) is 3.36. The van der Waals surface area contributed by atoms with Crippen LogP contribution < -0.4 is 5.32 Å². The second kappa shape index (κ2) is 6.11. The summed E-state index contributed by atoms with van der Waals surface area (Å²) in [5.74, 6) is -0.153. The van der Waals surface area contributed by atoms with Gasteiger partial charge in [-0.3, -0.25) is 4.79 Å². The van der Waals surface area contributed by atoms with Gasteiger partial charge in [-0.1, -0.05) is 11.6 Å². The predicted octanol–water partition coefficient (Wildman–Crippen LogP) is 1.49. The smallest absolute Gasteiger partial charge is 0.251 e. The molecule has 1 aromatic rings. The summed E-state index contributed by atoms with van der Waals surface area (Å²) in [4.78, 5) is 12.0. The molecule has 0 atom stereocenters. The average Bonchev–Trinajstić information content (AvgIpc) is 2.39. The Labute approximate surface area is 124 Å². The highest BCUT2D eigenvalue weighted by Gasteiger charge is 2.25. The molecule has 0 saturated carbocycles. The minimum atomic E-state index is -3.13. The topological polar surface area (TPSA) is 66.5 Å². The van der Waals surface area contributed by atoms with Crippen LogP contribution in [-0.2, 0) is 10.0 Å². The molecule has 1 aromatic carbocycles. The number of amides is 1. The van der Waals surface area contributed by atoms with Crippen LogP contribution in [0.2, 0.25) is 5.02 Å². The van der Waals surface area contributed by atoms with Crippen LogP contribution in [0.15, 0.2) is 24.3 Å². The zero-order valence-electron chi connectivity index (χ0n) is 11.2. The van der Waals surface area contributed by atoms with Crippen molar-refractivity contribution in [2.45, 2.75) is 18.9 Å². The van der Waals surface area contributed by atoms with Crippen molar-refractivity contribution in [3.8, 4) is 0 Å². The van der Waals surface area contributed by atoms with Crippen LogP contribution in [0.25, 0.3) is 0 Å². The standard InChI is InChI=1S/C13H17ClN2O3S/c1-20(18,19)16-8-6-12(7-9-16)15-13(17)10-2-4-11(14)5-3-10/h2-5,12H,6-9H2,1H3,(H,15,17). The summed E-state index contributed by atoms with van der Waals surface area (Å²) < 4.78 is 24.2. The van der Waals surface area contributed by atoms with Crippen LogP contribution in [0.4, 0.5) is 0 Å². The average molecular weight is 317 g/mol. The molecule has 0 unspecified atom stereocenters. The van der Waals surface area contributed by atoms with Crippen molar-refractivity contribution in [1.29, 1.82) is 0 Å². The molecule has 20 heavy (non-hydrogen) atoms. The summed E-state index contributed by atoms with van der Waals surface area (Å²) in [5, 5.41) is 3.51. The maximum atomic E-state index is 12.0. The summed E-state index contributed by atoms with van der Waals surface area (Å²) in [5.41, 5.74) is 0.556. The molecular formula is C13H17ClN2O3S. The van der Waals surface area contributed by atoms with Gasteiger partial charge in [-0.2, -0.15) is 0 Å². The van der Waals surface area contributed by atoms with Crippen molar-refractivity contribution in [2.24, 2.45) is 0 Å². The van der Waals surface area contributed by atoms with Gasteiger partial charge in [0, 0.05) is 29.7 Å². The lowest BCUT2D eigenvalue weighted by atomic mass is 10.1. The molecule has 0 bridgehead atoms. The molecule has 0 aromatic heterocycles. The number of piperidine rings is 1. The predicted molar refractivity (Wildman–Crippen MR) is 78.4 cm³/mol. The van der Waals surface area contributed by atoms with E-state index in [-0.39, 0.29) is 11.9 Å². The van der Waals surface area contributed by atoms with Gasteiger partial charge in [0.05, 0.1) is 6.26 Å². The lowest BCUT2D eigenvalue weighted by Gasteiger charge is -2.30. The van der Waals surface area contributed by atoms with Gasteiger partial charge in [-0.15, -0.1) is 0 Å². The van der Waals surface area contributed by atoms with Crippen LogP contribution in [-0.4, -0.2) is 44.0 Å². The summed E-state index contributed by atoms with van der Waals surface area (Å²) in [6.45, 7) is 0.898. The number of hydrogen-bond donors (Lipinski definition) is 1. The van der Waals surface area contributed by atoms with Crippen molar-refractivity contribution in [3.05, 3.63) is 34.9 Å². The highest BCUT2D eigenvalue weighted by atomic mass is 35.5. The van der Waals surface area contributed by atoms with Gasteiger partial charge < -0.3 is 5.32 Å². The highest BCUT2D eigenvalue weighted by molar-refractivity contribution is 7.88. The molecule has 1 amide bonds. The Bertz CT molecular complexity index is 578. The van der Waals surface area contributed by atoms with E-state index in [9.17, 15) is 13.2 Å². The molecule has 0 spiro atoms. The summed E-state index contributed by atoms with van der Waals surface area (Å²) in [6, 6.07) is 6.69. The second-order valence-electron chi connectivity index (χ2n) is 4.92. The third kappa shape index (κ3) is 3.94. The van der Waals surface area contributed by atoms with E-state index in [0.29, 0.717) is 36.5 Å². The molecule has 1 aliphatic heterocycles. The maximum Gasteiger partial charge on any atom is 0.251 e. The molecule has 2 rings (SSSR count). The normalized spacial score (nSPS) is 17.9. The maximum absolute atomic E-state index is 12.0. The lowest BCUT2D eigenvalue weighted by Crippen LogP contribution is -2.46. The zero-order valence-corrected chi connectivity index (χ0v) is 12.7. The fraction of sp³-hybridized carbons (Fsp3) is 0.462. The number of carbonyl (C=O) groups excluding carboxylic acids is 1. The van der Waals surface area contributed by atoms with Gasteiger partial charge in [-0.05, 0) is 37.1 Å². The first kappa shape index (κ1) is 15.3. The van der Waals surface area contributed by atoms with Gasteiger partial charge >= 0.3 is 0 Å². The third-order valence-corrected chi connectivity index (χ3v) is 4.92. The molecule has 1 heterocycles. The van der Waals surface area contributed by atoms with E-state index >= 15 is 0 Å². The largest absolute Gasteiger partial charge is 0.349 e. The fourth-order valence-electron chi connectivity index (χ4n) is 2.20. The van der Waals surface area contributed by atoms with Gasteiger partial charge in [0.15, 0.2) is 0 Å². The van der Waals surface area contributed by atoms with Crippen molar-refractivity contribution in [3.63, 3.8) is 0 Å². The van der Waals surface area contributed by atoms with E-state index in [1.807, 2.05) is 0 Å². The Hall–Kier alpha value is -1.11. The minimum Gasteiger partial charge on any atom is -0.349 e. The molecule has 110 valence electrons. The first-order valence-corrected chi connectivity index (χ1v) is 8.60. The van der Waals surface area contributed by atoms with Crippen molar-refractivity contribution in [2.75, 3.05) is 19.3 Å². The molecule has 1 N–H and O–H groups in total. The summed E-state index contributed by atoms with van der Waals surface area (Å²) >= 11 is 5.77. The van der Waals surface area contributed by atoms with Gasteiger partial charge in [-0.25, -0.2) is 12.7 Å². The van der Waals surface area contributed by atoms with Crippen LogP contribution in [0.3, 0.4) is 0 Å². The number of halogens is 1. The lowest BCUT2D eigenvalue weighted by molar-refractivity contribution is 0.0924. The Balaban J connectivity index is 1.89. The van der Waals surface area contributed by atoms with Crippen LogP contribution in [0.1, 0.15) is 23.2 Å². The highest BCUT2D eigenvalue weighted by Crippen LogP contribution is 2.14. The second-order valence-corrected chi connectivity index (χ2v) is 7.34. The fourth-order valence-corrected chi connectivity index (χ4v) is 3.20. The number of sulfonamides is 1. The summed E-state index contributed by atoms with van der Waals surface area (Å²) in [6.07, 6.45) is 2.47. The Morgan fingerprint density at radius 1 is 1.25 bits per heavy atom. The van der Waals surface area contributed by atoms with Crippen LogP contribution in [0.5, 0.6) is 0 Å². The zero-order chi connectivity index (χ0) is 14.8. The SMILES string of the molecule is CS(=O)(=O)N1CCC(NC(=O)c2ccc(Cl)cc2)CC1. The molecule has 1 fully saturated rings. The van der Waals surface area contributed by atoms with E-state index in [1.165, 1.54) is 10.6 Å². The molecule has 0 radical (unpaired) electrons. The number of nitrogens with one attached hydrogen (secondary N) is 1.